The number of rotatable bonds is 4. The van der Waals surface area contributed by atoms with Crippen LogP contribution in [0.4, 0.5) is 17.1 Å². The van der Waals surface area contributed by atoms with E-state index in [2.05, 4.69) is 5.32 Å². The Labute approximate surface area is 170 Å². The van der Waals surface area contributed by atoms with Crippen LogP contribution in [0.15, 0.2) is 48.5 Å². The highest BCUT2D eigenvalue weighted by atomic mass is 16.2. The number of para-hydroxylation sites is 2. The lowest BCUT2D eigenvalue weighted by atomic mass is 10.1. The van der Waals surface area contributed by atoms with Crippen molar-refractivity contribution in [2.75, 3.05) is 42.8 Å². The SMILES string of the molecule is CC1CC(=O)Nc2ccccc2N1C(=O)CN(C)C(=O)c1ccc(N(C)C)cc1. The first-order valence-electron chi connectivity index (χ1n) is 9.51. The summed E-state index contributed by atoms with van der Waals surface area (Å²) in [6, 6.07) is 14.1. The third-order valence-corrected chi connectivity index (χ3v) is 4.98. The average molecular weight is 394 g/mol. The lowest BCUT2D eigenvalue weighted by Crippen LogP contribution is -2.45. The Morgan fingerprint density at radius 2 is 1.72 bits per heavy atom. The molecule has 0 fully saturated rings. The zero-order valence-electron chi connectivity index (χ0n) is 17.2. The maximum atomic E-state index is 13.1. The lowest BCUT2D eigenvalue weighted by molar-refractivity contribution is -0.119. The Morgan fingerprint density at radius 3 is 2.38 bits per heavy atom. The molecule has 0 saturated heterocycles. The third kappa shape index (κ3) is 4.39. The zero-order chi connectivity index (χ0) is 21.1. The first-order chi connectivity index (χ1) is 13.8. The minimum atomic E-state index is -0.311. The van der Waals surface area contributed by atoms with Crippen LogP contribution in [0, 0.1) is 0 Å². The van der Waals surface area contributed by atoms with Gasteiger partial charge in [-0.3, -0.25) is 14.4 Å². The minimum absolute atomic E-state index is 0.0822. The first kappa shape index (κ1) is 20.4. The number of carbonyl (C=O) groups excluding carboxylic acids is 3. The van der Waals surface area contributed by atoms with E-state index in [0.29, 0.717) is 16.9 Å². The zero-order valence-corrected chi connectivity index (χ0v) is 17.2. The van der Waals surface area contributed by atoms with Crippen LogP contribution in [0.5, 0.6) is 0 Å². The van der Waals surface area contributed by atoms with Gasteiger partial charge in [0.1, 0.15) is 6.54 Å². The molecule has 1 aliphatic rings. The number of nitrogens with zero attached hydrogens (tertiary/aromatic N) is 3. The number of anilines is 3. The van der Waals surface area contributed by atoms with Crippen molar-refractivity contribution >= 4 is 34.8 Å². The fraction of sp³-hybridized carbons (Fsp3) is 0.318. The number of carbonyl (C=O) groups is 3. The number of likely N-dealkylation sites (N-methyl/N-ethyl adjacent to an activating group) is 1. The van der Waals surface area contributed by atoms with Crippen LogP contribution in [0.2, 0.25) is 0 Å². The van der Waals surface area contributed by atoms with Gasteiger partial charge in [-0.15, -0.1) is 0 Å². The van der Waals surface area contributed by atoms with Crippen molar-refractivity contribution in [1.29, 1.82) is 0 Å². The molecule has 1 N–H and O–H groups in total. The van der Waals surface area contributed by atoms with E-state index in [1.54, 1.807) is 36.2 Å². The second kappa shape index (κ2) is 8.34. The smallest absolute Gasteiger partial charge is 0.254 e. The standard InChI is InChI=1S/C22H26N4O3/c1-15-13-20(27)23-18-7-5-6-8-19(18)26(15)21(28)14-25(4)22(29)16-9-11-17(12-10-16)24(2)3/h5-12,15H,13-14H2,1-4H3,(H,23,27). The summed E-state index contributed by atoms with van der Waals surface area (Å²) in [6.45, 7) is 1.75. The van der Waals surface area contributed by atoms with Gasteiger partial charge >= 0.3 is 0 Å². The Bertz CT molecular complexity index is 924. The van der Waals surface area contributed by atoms with Gasteiger partial charge in [0.15, 0.2) is 0 Å². The van der Waals surface area contributed by atoms with Crippen molar-refractivity contribution in [3.8, 4) is 0 Å². The van der Waals surface area contributed by atoms with Crippen LogP contribution in [-0.2, 0) is 9.59 Å². The molecule has 1 atom stereocenters. The molecular weight excluding hydrogens is 368 g/mol. The number of fused-ring (bicyclic) bond motifs is 1. The first-order valence-corrected chi connectivity index (χ1v) is 9.51. The van der Waals surface area contributed by atoms with Gasteiger partial charge in [-0.05, 0) is 43.3 Å². The predicted octanol–water partition coefficient (Wildman–Crippen LogP) is 2.59. The third-order valence-electron chi connectivity index (χ3n) is 4.98. The molecule has 7 heteroatoms. The van der Waals surface area contributed by atoms with Crippen molar-refractivity contribution in [2.45, 2.75) is 19.4 Å². The van der Waals surface area contributed by atoms with E-state index < -0.39 is 0 Å². The number of hydrogen-bond donors (Lipinski definition) is 1. The van der Waals surface area contributed by atoms with E-state index in [0.717, 1.165) is 5.69 Å². The van der Waals surface area contributed by atoms with Gasteiger partial charge in [-0.1, -0.05) is 12.1 Å². The van der Waals surface area contributed by atoms with E-state index in [1.165, 1.54) is 4.90 Å². The molecule has 1 aliphatic heterocycles. The largest absolute Gasteiger partial charge is 0.378 e. The molecule has 1 heterocycles. The number of nitrogens with one attached hydrogen (secondary N) is 1. The van der Waals surface area contributed by atoms with Crippen LogP contribution in [0.1, 0.15) is 23.7 Å². The van der Waals surface area contributed by atoms with Crippen LogP contribution in [0.3, 0.4) is 0 Å². The summed E-state index contributed by atoms with van der Waals surface area (Å²) in [7, 11) is 5.47. The van der Waals surface area contributed by atoms with Crippen LogP contribution < -0.4 is 15.1 Å². The molecule has 2 aromatic rings. The molecule has 0 radical (unpaired) electrons. The van der Waals surface area contributed by atoms with E-state index >= 15 is 0 Å². The molecule has 2 aromatic carbocycles. The van der Waals surface area contributed by atoms with E-state index in [9.17, 15) is 14.4 Å². The number of benzene rings is 2. The Balaban J connectivity index is 1.78. The average Bonchev–Trinajstić information content (AvgIpc) is 2.81. The van der Waals surface area contributed by atoms with Crippen molar-refractivity contribution in [3.05, 3.63) is 54.1 Å². The van der Waals surface area contributed by atoms with Crippen molar-refractivity contribution in [3.63, 3.8) is 0 Å². The maximum absolute atomic E-state index is 13.1. The fourth-order valence-corrected chi connectivity index (χ4v) is 3.44. The van der Waals surface area contributed by atoms with Gasteiger partial charge in [0.2, 0.25) is 11.8 Å². The summed E-state index contributed by atoms with van der Waals surface area (Å²) in [4.78, 5) is 42.9. The van der Waals surface area contributed by atoms with Gasteiger partial charge < -0.3 is 20.0 Å². The molecule has 1 unspecified atom stereocenters. The normalized spacial score (nSPS) is 15.8. The summed E-state index contributed by atoms with van der Waals surface area (Å²) < 4.78 is 0. The molecule has 152 valence electrons. The van der Waals surface area contributed by atoms with Gasteiger partial charge in [0.25, 0.3) is 5.91 Å². The molecule has 0 saturated carbocycles. The summed E-state index contributed by atoms with van der Waals surface area (Å²) in [6.07, 6.45) is 0.198. The summed E-state index contributed by atoms with van der Waals surface area (Å²) in [5.74, 6) is -0.596. The molecule has 7 nitrogen and oxygen atoms in total. The Morgan fingerprint density at radius 1 is 1.07 bits per heavy atom. The van der Waals surface area contributed by atoms with Gasteiger partial charge in [-0.2, -0.15) is 0 Å². The molecule has 0 aliphatic carbocycles. The Kier molecular flexibility index (Phi) is 5.87. The molecule has 29 heavy (non-hydrogen) atoms. The monoisotopic (exact) mass is 394 g/mol. The molecule has 0 spiro atoms. The van der Waals surface area contributed by atoms with Crippen LogP contribution in [-0.4, -0.2) is 56.4 Å². The quantitative estimate of drug-likeness (QED) is 0.865. The molecule has 0 bridgehead atoms. The van der Waals surface area contributed by atoms with Crippen molar-refractivity contribution in [2.24, 2.45) is 0 Å². The van der Waals surface area contributed by atoms with Crippen LogP contribution >= 0.6 is 0 Å². The lowest BCUT2D eigenvalue weighted by Gasteiger charge is -2.29. The van der Waals surface area contributed by atoms with E-state index in [1.807, 2.05) is 50.2 Å². The second-order valence-corrected chi connectivity index (χ2v) is 7.48. The highest BCUT2D eigenvalue weighted by molar-refractivity contribution is 6.06. The summed E-state index contributed by atoms with van der Waals surface area (Å²) >= 11 is 0. The topological polar surface area (TPSA) is 73.0 Å². The molecule has 3 rings (SSSR count). The van der Waals surface area contributed by atoms with E-state index in [-0.39, 0.29) is 36.7 Å². The van der Waals surface area contributed by atoms with Gasteiger partial charge in [0.05, 0.1) is 11.4 Å². The molecular formula is C22H26N4O3. The Hall–Kier alpha value is -3.35. The molecule has 0 aromatic heterocycles. The van der Waals surface area contributed by atoms with Crippen molar-refractivity contribution < 1.29 is 14.4 Å². The number of amides is 3. The summed E-state index contributed by atoms with van der Waals surface area (Å²) in [5.41, 5.74) is 2.76. The van der Waals surface area contributed by atoms with Gasteiger partial charge in [0, 0.05) is 44.9 Å². The van der Waals surface area contributed by atoms with E-state index in [4.69, 9.17) is 0 Å². The minimum Gasteiger partial charge on any atom is -0.378 e. The maximum Gasteiger partial charge on any atom is 0.254 e. The highest BCUT2D eigenvalue weighted by Gasteiger charge is 2.30. The second-order valence-electron chi connectivity index (χ2n) is 7.48. The number of hydrogen-bond acceptors (Lipinski definition) is 4. The van der Waals surface area contributed by atoms with Crippen molar-refractivity contribution in [1.82, 2.24) is 4.90 Å². The highest BCUT2D eigenvalue weighted by Crippen LogP contribution is 2.31. The molecule has 3 amide bonds. The predicted molar refractivity (Wildman–Crippen MR) is 114 cm³/mol. The fourth-order valence-electron chi connectivity index (χ4n) is 3.44. The van der Waals surface area contributed by atoms with Gasteiger partial charge in [-0.25, -0.2) is 0 Å². The summed E-state index contributed by atoms with van der Waals surface area (Å²) in [5, 5.41) is 2.84. The van der Waals surface area contributed by atoms with Crippen LogP contribution in [0.25, 0.3) is 0 Å².